The van der Waals surface area contributed by atoms with Crippen molar-refractivity contribution in [1.29, 1.82) is 0 Å². The zero-order chi connectivity index (χ0) is 30.5. The fraction of sp³-hybridized carbons (Fsp3) is 0. The molecule has 0 fully saturated rings. The van der Waals surface area contributed by atoms with Crippen LogP contribution in [0.1, 0.15) is 0 Å². The second-order valence-corrected chi connectivity index (χ2v) is 11.6. The summed E-state index contributed by atoms with van der Waals surface area (Å²) in [6, 6.07) is 53.0. The molecule has 0 bridgehead atoms. The fourth-order valence-electron chi connectivity index (χ4n) is 6.25. The lowest BCUT2D eigenvalue weighted by atomic mass is 9.98. The van der Waals surface area contributed by atoms with E-state index in [0.29, 0.717) is 17.5 Å². The van der Waals surface area contributed by atoms with Gasteiger partial charge in [0.2, 0.25) is 0 Å². The Balaban J connectivity index is 1.18. The summed E-state index contributed by atoms with van der Waals surface area (Å²) in [7, 11) is 0. The molecular formula is C42H26N4. The molecule has 0 unspecified atom stereocenters. The van der Waals surface area contributed by atoms with Crippen LogP contribution >= 0.6 is 0 Å². The van der Waals surface area contributed by atoms with E-state index in [1.54, 1.807) is 0 Å². The molecule has 0 aliphatic rings. The number of hydrogen-bond donors (Lipinski definition) is 0. The first-order valence-corrected chi connectivity index (χ1v) is 15.4. The van der Waals surface area contributed by atoms with Crippen LogP contribution in [0.4, 0.5) is 0 Å². The second-order valence-electron chi connectivity index (χ2n) is 11.6. The third-order valence-corrected chi connectivity index (χ3v) is 8.67. The van der Waals surface area contributed by atoms with Gasteiger partial charge in [0.15, 0.2) is 17.5 Å². The average molecular weight is 587 g/mol. The van der Waals surface area contributed by atoms with E-state index < -0.39 is 0 Å². The lowest BCUT2D eigenvalue weighted by Gasteiger charge is -2.11. The highest BCUT2D eigenvalue weighted by molar-refractivity contribution is 5.99. The van der Waals surface area contributed by atoms with Gasteiger partial charge < -0.3 is 0 Å². The summed E-state index contributed by atoms with van der Waals surface area (Å²) in [6.07, 6.45) is 1.83. The molecular weight excluding hydrogens is 560 g/mol. The lowest BCUT2D eigenvalue weighted by Crippen LogP contribution is -2.00. The van der Waals surface area contributed by atoms with Gasteiger partial charge in [0.1, 0.15) is 0 Å². The van der Waals surface area contributed by atoms with Gasteiger partial charge in [0, 0.05) is 28.3 Å². The van der Waals surface area contributed by atoms with E-state index >= 15 is 0 Å². The largest absolute Gasteiger partial charge is 0.256 e. The topological polar surface area (TPSA) is 51.6 Å². The summed E-state index contributed by atoms with van der Waals surface area (Å²) in [4.78, 5) is 19.5. The van der Waals surface area contributed by atoms with Gasteiger partial charge in [-0.1, -0.05) is 103 Å². The van der Waals surface area contributed by atoms with Gasteiger partial charge in [-0.15, -0.1) is 0 Å². The van der Waals surface area contributed by atoms with Crippen molar-refractivity contribution in [3.8, 4) is 45.3 Å². The molecule has 0 atom stereocenters. The van der Waals surface area contributed by atoms with Crippen LogP contribution < -0.4 is 0 Å². The van der Waals surface area contributed by atoms with Crippen LogP contribution in [0.5, 0.6) is 0 Å². The lowest BCUT2D eigenvalue weighted by molar-refractivity contribution is 1.08. The Hall–Kier alpha value is -6.26. The Kier molecular flexibility index (Phi) is 6.10. The first-order chi connectivity index (χ1) is 22.7. The molecule has 2 aromatic heterocycles. The van der Waals surface area contributed by atoms with Crippen LogP contribution in [0.25, 0.3) is 88.5 Å². The molecule has 4 heteroatoms. The molecule has 0 N–H and O–H groups in total. The van der Waals surface area contributed by atoms with E-state index in [-0.39, 0.29) is 0 Å². The molecule has 4 nitrogen and oxygen atoms in total. The Labute approximate surface area is 265 Å². The Morgan fingerprint density at radius 3 is 1.48 bits per heavy atom. The quantitative estimate of drug-likeness (QED) is 0.193. The van der Waals surface area contributed by atoms with E-state index in [4.69, 9.17) is 15.0 Å². The van der Waals surface area contributed by atoms with E-state index in [2.05, 4.69) is 120 Å². The highest BCUT2D eigenvalue weighted by atomic mass is 15.0. The van der Waals surface area contributed by atoms with Crippen molar-refractivity contribution in [2.75, 3.05) is 0 Å². The Bertz CT molecular complexity index is 2590. The third-order valence-electron chi connectivity index (χ3n) is 8.67. The first kappa shape index (κ1) is 26.2. The van der Waals surface area contributed by atoms with Crippen molar-refractivity contribution in [1.82, 2.24) is 19.9 Å². The molecule has 0 saturated carbocycles. The first-order valence-electron chi connectivity index (χ1n) is 15.4. The van der Waals surface area contributed by atoms with Crippen molar-refractivity contribution in [3.63, 3.8) is 0 Å². The monoisotopic (exact) mass is 586 g/mol. The summed E-state index contributed by atoms with van der Waals surface area (Å²) in [6.45, 7) is 0. The predicted octanol–water partition coefficient (Wildman–Crippen LogP) is 10.5. The van der Waals surface area contributed by atoms with E-state index in [9.17, 15) is 0 Å². The van der Waals surface area contributed by atoms with Crippen LogP contribution in [-0.2, 0) is 0 Å². The van der Waals surface area contributed by atoms with Crippen LogP contribution in [0, 0.1) is 0 Å². The maximum Gasteiger partial charge on any atom is 0.164 e. The summed E-state index contributed by atoms with van der Waals surface area (Å²) < 4.78 is 0. The van der Waals surface area contributed by atoms with Crippen molar-refractivity contribution in [3.05, 3.63) is 158 Å². The van der Waals surface area contributed by atoms with Gasteiger partial charge in [-0.3, -0.25) is 4.98 Å². The van der Waals surface area contributed by atoms with Gasteiger partial charge in [-0.2, -0.15) is 0 Å². The molecule has 7 aromatic carbocycles. The molecule has 9 aromatic rings. The summed E-state index contributed by atoms with van der Waals surface area (Å²) in [5, 5.41) is 8.20. The summed E-state index contributed by atoms with van der Waals surface area (Å²) >= 11 is 0. The van der Waals surface area contributed by atoms with Gasteiger partial charge in [-0.25, -0.2) is 15.0 Å². The number of fused-ring (bicyclic) bond motifs is 4. The number of pyridine rings is 1. The average Bonchev–Trinajstić information content (AvgIpc) is 3.13. The fourth-order valence-corrected chi connectivity index (χ4v) is 6.25. The predicted molar refractivity (Wildman–Crippen MR) is 189 cm³/mol. The summed E-state index contributed by atoms with van der Waals surface area (Å²) in [5.74, 6) is 1.95. The number of benzene rings is 7. The molecule has 0 aliphatic heterocycles. The smallest absolute Gasteiger partial charge is 0.164 e. The normalized spacial score (nSPS) is 11.5. The summed E-state index contributed by atoms with van der Waals surface area (Å²) in [5.41, 5.74) is 6.16. The zero-order valence-corrected chi connectivity index (χ0v) is 24.8. The van der Waals surface area contributed by atoms with Gasteiger partial charge >= 0.3 is 0 Å². The van der Waals surface area contributed by atoms with E-state index in [1.165, 1.54) is 16.2 Å². The standard InChI is InChI=1S/C42H26N4/c1-2-7-28(8-3-1)40-44-41(46-42(45-40)36-17-15-33-21-29-9-4-5-10-30(29)23-38(33)26-36)35-16-13-27-12-14-31(24-37(27)25-35)32-18-19-39-34(22-32)11-6-20-43-39/h1-26H. The van der Waals surface area contributed by atoms with Gasteiger partial charge in [0.05, 0.1) is 5.52 Å². The Morgan fingerprint density at radius 2 is 0.761 bits per heavy atom. The van der Waals surface area contributed by atoms with Crippen molar-refractivity contribution < 1.29 is 0 Å². The molecule has 2 heterocycles. The maximum atomic E-state index is 5.06. The second kappa shape index (κ2) is 10.7. The minimum absolute atomic E-state index is 0.645. The van der Waals surface area contributed by atoms with Crippen LogP contribution in [0.2, 0.25) is 0 Å². The SMILES string of the molecule is c1ccc(-c2nc(-c3ccc4ccc(-c5ccc6ncccc6c5)cc4c3)nc(-c3ccc4cc5ccccc5cc4c3)n2)cc1. The van der Waals surface area contributed by atoms with Crippen molar-refractivity contribution in [2.24, 2.45) is 0 Å². The molecule has 0 saturated heterocycles. The van der Waals surface area contributed by atoms with Crippen molar-refractivity contribution in [2.45, 2.75) is 0 Å². The zero-order valence-electron chi connectivity index (χ0n) is 24.8. The third kappa shape index (κ3) is 4.73. The van der Waals surface area contributed by atoms with Gasteiger partial charge in [-0.05, 0) is 92.0 Å². The number of aromatic nitrogens is 4. The minimum atomic E-state index is 0.645. The van der Waals surface area contributed by atoms with Gasteiger partial charge in [0.25, 0.3) is 0 Å². The molecule has 0 spiro atoms. The molecule has 0 amide bonds. The molecule has 0 radical (unpaired) electrons. The highest BCUT2D eigenvalue weighted by Gasteiger charge is 2.14. The number of nitrogens with zero attached hydrogens (tertiary/aromatic N) is 4. The van der Waals surface area contributed by atoms with Crippen LogP contribution in [0.3, 0.4) is 0 Å². The molecule has 9 rings (SSSR count). The Morgan fingerprint density at radius 1 is 0.283 bits per heavy atom. The minimum Gasteiger partial charge on any atom is -0.256 e. The van der Waals surface area contributed by atoms with Crippen molar-refractivity contribution >= 4 is 43.2 Å². The molecule has 214 valence electrons. The molecule has 46 heavy (non-hydrogen) atoms. The van der Waals surface area contributed by atoms with E-state index in [0.717, 1.165) is 54.9 Å². The number of hydrogen-bond acceptors (Lipinski definition) is 4. The molecule has 0 aliphatic carbocycles. The number of rotatable bonds is 4. The maximum absolute atomic E-state index is 5.06. The van der Waals surface area contributed by atoms with Crippen LogP contribution in [0.15, 0.2) is 158 Å². The highest BCUT2D eigenvalue weighted by Crippen LogP contribution is 2.32. The van der Waals surface area contributed by atoms with E-state index in [1.807, 2.05) is 42.6 Å². The van der Waals surface area contributed by atoms with Crippen LogP contribution in [-0.4, -0.2) is 19.9 Å².